The van der Waals surface area contributed by atoms with E-state index in [2.05, 4.69) is 18.7 Å². The quantitative estimate of drug-likeness (QED) is 0.900. The average molecular weight is 280 g/mol. The molecule has 0 aliphatic carbocycles. The lowest BCUT2D eigenvalue weighted by Crippen LogP contribution is -2.39. The van der Waals surface area contributed by atoms with Crippen LogP contribution >= 0.6 is 0 Å². The minimum Gasteiger partial charge on any atom is -0.496 e. The first kappa shape index (κ1) is 15.3. The van der Waals surface area contributed by atoms with Crippen LogP contribution in [0.15, 0.2) is 18.2 Å². The van der Waals surface area contributed by atoms with Crippen LogP contribution in [0.1, 0.15) is 44.7 Å². The highest BCUT2D eigenvalue weighted by molar-refractivity contribution is 5.37. The van der Waals surface area contributed by atoms with Crippen molar-refractivity contribution < 1.29 is 9.13 Å². The number of likely N-dealkylation sites (tertiary alicyclic amines) is 1. The number of methoxy groups -OCH3 is 1. The summed E-state index contributed by atoms with van der Waals surface area (Å²) in [5.41, 5.74) is 6.92. The van der Waals surface area contributed by atoms with E-state index < -0.39 is 0 Å². The Morgan fingerprint density at radius 2 is 2.20 bits per heavy atom. The molecule has 0 amide bonds. The van der Waals surface area contributed by atoms with Crippen molar-refractivity contribution in [1.82, 2.24) is 4.90 Å². The van der Waals surface area contributed by atoms with Crippen LogP contribution in [0.5, 0.6) is 5.75 Å². The minimum absolute atomic E-state index is 0.235. The Morgan fingerprint density at radius 3 is 2.80 bits per heavy atom. The third kappa shape index (κ3) is 3.13. The van der Waals surface area contributed by atoms with E-state index in [4.69, 9.17) is 10.5 Å². The second-order valence-electron chi connectivity index (χ2n) is 6.15. The zero-order valence-corrected chi connectivity index (χ0v) is 12.7. The van der Waals surface area contributed by atoms with Crippen molar-refractivity contribution >= 4 is 0 Å². The first-order valence-electron chi connectivity index (χ1n) is 7.29. The van der Waals surface area contributed by atoms with Crippen molar-refractivity contribution in [2.75, 3.05) is 20.2 Å². The van der Waals surface area contributed by atoms with Gasteiger partial charge in [-0.3, -0.25) is 4.90 Å². The summed E-state index contributed by atoms with van der Waals surface area (Å²) < 4.78 is 19.2. The fourth-order valence-electron chi connectivity index (χ4n) is 3.07. The van der Waals surface area contributed by atoms with Gasteiger partial charge in [-0.15, -0.1) is 0 Å². The number of benzene rings is 1. The maximum atomic E-state index is 14.0. The van der Waals surface area contributed by atoms with Gasteiger partial charge in [-0.1, -0.05) is 6.07 Å². The van der Waals surface area contributed by atoms with Crippen molar-refractivity contribution in [3.63, 3.8) is 0 Å². The molecule has 2 N–H and O–H groups in total. The molecule has 0 spiro atoms. The fraction of sp³-hybridized carbons (Fsp3) is 0.625. The first-order valence-corrected chi connectivity index (χ1v) is 7.29. The Labute approximate surface area is 120 Å². The molecule has 0 saturated carbocycles. The highest BCUT2D eigenvalue weighted by Gasteiger charge is 2.31. The third-order valence-electron chi connectivity index (χ3n) is 4.39. The lowest BCUT2D eigenvalue weighted by atomic mass is 9.99. The highest BCUT2D eigenvalue weighted by atomic mass is 19.1. The van der Waals surface area contributed by atoms with Crippen molar-refractivity contribution in [3.05, 3.63) is 29.6 Å². The molecule has 1 aromatic carbocycles. The lowest BCUT2D eigenvalue weighted by molar-refractivity contribution is 0.169. The van der Waals surface area contributed by atoms with E-state index in [0.29, 0.717) is 11.3 Å². The molecule has 1 heterocycles. The van der Waals surface area contributed by atoms with Crippen molar-refractivity contribution in [3.8, 4) is 5.75 Å². The number of nitrogens with zero attached hydrogens (tertiary/aromatic N) is 1. The Morgan fingerprint density at radius 1 is 1.45 bits per heavy atom. The van der Waals surface area contributed by atoms with Gasteiger partial charge in [0.25, 0.3) is 0 Å². The summed E-state index contributed by atoms with van der Waals surface area (Å²) in [5.74, 6) is 0.260. The molecule has 1 unspecified atom stereocenters. The van der Waals surface area contributed by atoms with Crippen LogP contribution in [-0.4, -0.2) is 30.6 Å². The van der Waals surface area contributed by atoms with Crippen LogP contribution in [0.4, 0.5) is 4.39 Å². The monoisotopic (exact) mass is 280 g/mol. The standard InChI is InChI=1S/C16H25FN2O/c1-16(2)9-5-10-19(16)11-8-13(18)15-12(17)6-4-7-14(15)20-3/h4,6-7,13H,5,8-11,18H2,1-3H3. The number of rotatable bonds is 5. The zero-order valence-electron chi connectivity index (χ0n) is 12.7. The zero-order chi connectivity index (χ0) is 14.8. The van der Waals surface area contributed by atoms with Gasteiger partial charge in [0.15, 0.2) is 0 Å². The molecule has 1 aromatic rings. The number of hydrogen-bond donors (Lipinski definition) is 1. The maximum Gasteiger partial charge on any atom is 0.131 e. The van der Waals surface area contributed by atoms with E-state index in [9.17, 15) is 4.39 Å². The molecule has 3 nitrogen and oxygen atoms in total. The number of nitrogens with two attached hydrogens (primary N) is 1. The smallest absolute Gasteiger partial charge is 0.131 e. The van der Waals surface area contributed by atoms with Gasteiger partial charge in [0.05, 0.1) is 7.11 Å². The first-order chi connectivity index (χ1) is 9.45. The number of hydrogen-bond acceptors (Lipinski definition) is 3. The number of halogens is 1. The molecule has 0 bridgehead atoms. The van der Waals surface area contributed by atoms with Crippen LogP contribution in [-0.2, 0) is 0 Å². The summed E-state index contributed by atoms with van der Waals surface area (Å²) in [5, 5.41) is 0. The molecule has 1 atom stereocenters. The molecule has 112 valence electrons. The number of ether oxygens (including phenoxy) is 1. The topological polar surface area (TPSA) is 38.5 Å². The van der Waals surface area contributed by atoms with Crippen LogP contribution in [0, 0.1) is 5.82 Å². The maximum absolute atomic E-state index is 14.0. The Kier molecular flexibility index (Phi) is 4.66. The van der Waals surface area contributed by atoms with E-state index in [1.54, 1.807) is 19.2 Å². The van der Waals surface area contributed by atoms with E-state index >= 15 is 0 Å². The molecular weight excluding hydrogens is 255 g/mol. The van der Waals surface area contributed by atoms with Crippen molar-refractivity contribution in [1.29, 1.82) is 0 Å². The Bertz CT molecular complexity index is 462. The van der Waals surface area contributed by atoms with Crippen LogP contribution < -0.4 is 10.5 Å². The van der Waals surface area contributed by atoms with E-state index in [1.165, 1.54) is 18.9 Å². The van der Waals surface area contributed by atoms with Gasteiger partial charge in [0.1, 0.15) is 11.6 Å². The summed E-state index contributed by atoms with van der Waals surface area (Å²) in [4.78, 5) is 2.44. The van der Waals surface area contributed by atoms with Gasteiger partial charge < -0.3 is 10.5 Å². The third-order valence-corrected chi connectivity index (χ3v) is 4.39. The molecular formula is C16H25FN2O. The summed E-state index contributed by atoms with van der Waals surface area (Å²) >= 11 is 0. The molecule has 1 fully saturated rings. The highest BCUT2D eigenvalue weighted by Crippen LogP contribution is 2.31. The Hall–Kier alpha value is -1.13. The predicted octanol–water partition coefficient (Wildman–Crippen LogP) is 3.10. The molecule has 0 radical (unpaired) electrons. The average Bonchev–Trinajstić information content (AvgIpc) is 2.74. The fourth-order valence-corrected chi connectivity index (χ4v) is 3.07. The Balaban J connectivity index is 2.04. The molecule has 20 heavy (non-hydrogen) atoms. The summed E-state index contributed by atoms with van der Waals surface area (Å²) in [6, 6.07) is 4.52. The van der Waals surface area contributed by atoms with Crippen LogP contribution in [0.25, 0.3) is 0 Å². The van der Waals surface area contributed by atoms with Gasteiger partial charge >= 0.3 is 0 Å². The molecule has 1 aliphatic heterocycles. The largest absolute Gasteiger partial charge is 0.496 e. The van der Waals surface area contributed by atoms with Gasteiger partial charge in [0, 0.05) is 23.7 Å². The van der Waals surface area contributed by atoms with E-state index in [1.807, 2.05) is 0 Å². The second-order valence-corrected chi connectivity index (χ2v) is 6.15. The summed E-state index contributed by atoms with van der Waals surface area (Å²) in [6.45, 7) is 6.52. The minimum atomic E-state index is -0.331. The van der Waals surface area contributed by atoms with E-state index in [0.717, 1.165) is 19.5 Å². The molecule has 4 heteroatoms. The normalized spacial score (nSPS) is 20.1. The molecule has 1 aliphatic rings. The molecule has 2 rings (SSSR count). The summed E-state index contributed by atoms with van der Waals surface area (Å²) in [6.07, 6.45) is 3.18. The predicted molar refractivity (Wildman–Crippen MR) is 79.4 cm³/mol. The van der Waals surface area contributed by atoms with E-state index in [-0.39, 0.29) is 17.4 Å². The van der Waals surface area contributed by atoms with Gasteiger partial charge in [-0.25, -0.2) is 4.39 Å². The van der Waals surface area contributed by atoms with Crippen LogP contribution in [0.2, 0.25) is 0 Å². The van der Waals surface area contributed by atoms with Crippen molar-refractivity contribution in [2.45, 2.75) is 44.7 Å². The molecule has 1 saturated heterocycles. The van der Waals surface area contributed by atoms with Crippen molar-refractivity contribution in [2.24, 2.45) is 5.73 Å². The lowest BCUT2D eigenvalue weighted by Gasteiger charge is -2.32. The second kappa shape index (κ2) is 6.10. The van der Waals surface area contributed by atoms with Gasteiger partial charge in [0.2, 0.25) is 0 Å². The van der Waals surface area contributed by atoms with Gasteiger partial charge in [-0.2, -0.15) is 0 Å². The SMILES string of the molecule is COc1cccc(F)c1C(N)CCN1CCCC1(C)C. The van der Waals surface area contributed by atoms with Crippen LogP contribution in [0.3, 0.4) is 0 Å². The summed E-state index contributed by atoms with van der Waals surface area (Å²) in [7, 11) is 1.55. The molecule has 0 aromatic heterocycles. The van der Waals surface area contributed by atoms with Gasteiger partial charge in [-0.05, 0) is 51.8 Å².